The van der Waals surface area contributed by atoms with Crippen LogP contribution >= 0.6 is 11.6 Å². The van der Waals surface area contributed by atoms with Crippen LogP contribution in [0.4, 0.5) is 10.1 Å². The summed E-state index contributed by atoms with van der Waals surface area (Å²) in [6.45, 7) is 0. The Kier molecular flexibility index (Phi) is 4.44. The first-order chi connectivity index (χ1) is 9.63. The molecule has 1 unspecified atom stereocenters. The molecule has 0 saturated heterocycles. The van der Waals surface area contributed by atoms with Crippen molar-refractivity contribution in [2.75, 3.05) is 12.4 Å². The van der Waals surface area contributed by atoms with E-state index in [0.29, 0.717) is 11.3 Å². The summed E-state index contributed by atoms with van der Waals surface area (Å²) in [5, 5.41) is 12.5. The van der Waals surface area contributed by atoms with Gasteiger partial charge in [0.05, 0.1) is 13.2 Å². The minimum atomic E-state index is -0.671. The molecule has 1 atom stereocenters. The number of nitriles is 1. The van der Waals surface area contributed by atoms with Crippen molar-refractivity contribution in [3.8, 4) is 11.8 Å². The highest BCUT2D eigenvalue weighted by atomic mass is 35.5. The Morgan fingerprint density at radius 1 is 1.30 bits per heavy atom. The molecule has 0 radical (unpaired) electrons. The van der Waals surface area contributed by atoms with Crippen LogP contribution in [0, 0.1) is 17.1 Å². The molecule has 0 aliphatic rings. The number of nitrogens with one attached hydrogen (secondary N) is 1. The minimum Gasteiger partial charge on any atom is -0.497 e. The topological polar surface area (TPSA) is 45.0 Å². The number of anilines is 1. The molecule has 0 aromatic heterocycles. The van der Waals surface area contributed by atoms with E-state index in [1.165, 1.54) is 18.2 Å². The van der Waals surface area contributed by atoms with E-state index in [9.17, 15) is 9.65 Å². The highest BCUT2D eigenvalue weighted by Crippen LogP contribution is 2.27. The van der Waals surface area contributed by atoms with Gasteiger partial charge in [-0.15, -0.1) is 0 Å². The maximum atomic E-state index is 13.0. The van der Waals surface area contributed by atoms with Gasteiger partial charge in [0, 0.05) is 22.3 Å². The van der Waals surface area contributed by atoms with Crippen molar-refractivity contribution in [2.45, 2.75) is 6.04 Å². The van der Waals surface area contributed by atoms with Crippen molar-refractivity contribution >= 4 is 17.3 Å². The second kappa shape index (κ2) is 6.27. The van der Waals surface area contributed by atoms with Gasteiger partial charge in [-0.2, -0.15) is 5.26 Å². The lowest BCUT2D eigenvalue weighted by atomic mass is 10.1. The monoisotopic (exact) mass is 290 g/mol. The highest BCUT2D eigenvalue weighted by Gasteiger charge is 2.14. The van der Waals surface area contributed by atoms with E-state index in [0.717, 1.165) is 5.69 Å². The molecule has 0 amide bonds. The molecule has 20 heavy (non-hydrogen) atoms. The lowest BCUT2D eigenvalue weighted by molar-refractivity contribution is 0.415. The number of halogens is 2. The Morgan fingerprint density at radius 2 is 2.10 bits per heavy atom. The molecule has 0 heterocycles. The number of ether oxygens (including phenoxy) is 1. The van der Waals surface area contributed by atoms with Gasteiger partial charge in [-0.05, 0) is 24.3 Å². The second-order valence-corrected chi connectivity index (χ2v) is 4.51. The van der Waals surface area contributed by atoms with E-state index in [2.05, 4.69) is 11.4 Å². The fraction of sp³-hybridized carbons (Fsp3) is 0.133. The van der Waals surface area contributed by atoms with Gasteiger partial charge in [-0.3, -0.25) is 0 Å². The molecular weight excluding hydrogens is 279 g/mol. The average Bonchev–Trinajstić information content (AvgIpc) is 2.45. The van der Waals surface area contributed by atoms with Crippen molar-refractivity contribution in [3.05, 3.63) is 58.9 Å². The summed E-state index contributed by atoms with van der Waals surface area (Å²) >= 11 is 5.97. The Bertz CT molecular complexity index is 655. The molecule has 2 aromatic carbocycles. The van der Waals surface area contributed by atoms with Crippen molar-refractivity contribution in [3.63, 3.8) is 0 Å². The smallest absolute Gasteiger partial charge is 0.141 e. The summed E-state index contributed by atoms with van der Waals surface area (Å²) in [4.78, 5) is 0. The summed E-state index contributed by atoms with van der Waals surface area (Å²) in [6.07, 6.45) is 0. The first-order valence-electron chi connectivity index (χ1n) is 5.89. The predicted molar refractivity (Wildman–Crippen MR) is 76.4 cm³/mol. The standard InChI is InChI=1S/C15H12ClFN2O/c1-20-12-4-2-3-11(8-12)19-15(9-18)13-6-5-10(17)7-14(13)16/h2-8,15,19H,1H3. The first kappa shape index (κ1) is 14.2. The molecule has 2 aromatic rings. The van der Waals surface area contributed by atoms with Crippen LogP contribution in [0.1, 0.15) is 11.6 Å². The SMILES string of the molecule is COc1cccc(NC(C#N)c2ccc(F)cc2Cl)c1. The average molecular weight is 291 g/mol. The van der Waals surface area contributed by atoms with Crippen LogP contribution in [-0.2, 0) is 0 Å². The van der Waals surface area contributed by atoms with Crippen LogP contribution in [0.15, 0.2) is 42.5 Å². The third kappa shape index (κ3) is 3.19. The summed E-state index contributed by atoms with van der Waals surface area (Å²) in [6, 6.07) is 12.6. The van der Waals surface area contributed by atoms with E-state index < -0.39 is 11.9 Å². The van der Waals surface area contributed by atoms with Crippen LogP contribution in [0.5, 0.6) is 5.75 Å². The zero-order chi connectivity index (χ0) is 14.5. The van der Waals surface area contributed by atoms with Gasteiger partial charge in [0.1, 0.15) is 17.6 Å². The molecule has 0 aliphatic carbocycles. The summed E-state index contributed by atoms with van der Waals surface area (Å²) < 4.78 is 18.2. The van der Waals surface area contributed by atoms with Crippen molar-refractivity contribution in [1.29, 1.82) is 5.26 Å². The lowest BCUT2D eigenvalue weighted by Gasteiger charge is -2.15. The number of rotatable bonds is 4. The molecule has 0 fully saturated rings. The van der Waals surface area contributed by atoms with Crippen molar-refractivity contribution < 1.29 is 9.13 Å². The van der Waals surface area contributed by atoms with Crippen LogP contribution < -0.4 is 10.1 Å². The zero-order valence-corrected chi connectivity index (χ0v) is 11.5. The third-order valence-electron chi connectivity index (χ3n) is 2.78. The third-order valence-corrected chi connectivity index (χ3v) is 3.11. The molecule has 0 saturated carbocycles. The van der Waals surface area contributed by atoms with E-state index in [4.69, 9.17) is 16.3 Å². The van der Waals surface area contributed by atoms with Crippen molar-refractivity contribution in [1.82, 2.24) is 0 Å². The lowest BCUT2D eigenvalue weighted by Crippen LogP contribution is -2.09. The number of nitrogens with zero attached hydrogens (tertiary/aromatic N) is 1. The normalized spacial score (nSPS) is 11.5. The molecule has 0 aliphatic heterocycles. The quantitative estimate of drug-likeness (QED) is 0.919. The number of hydrogen-bond acceptors (Lipinski definition) is 3. The maximum Gasteiger partial charge on any atom is 0.141 e. The minimum absolute atomic E-state index is 0.215. The van der Waals surface area contributed by atoms with Gasteiger partial charge in [-0.25, -0.2) is 4.39 Å². The molecule has 0 bridgehead atoms. The van der Waals surface area contributed by atoms with Gasteiger partial charge in [0.15, 0.2) is 0 Å². The molecular formula is C15H12ClFN2O. The predicted octanol–water partition coefficient (Wildman–Crippen LogP) is 4.16. The van der Waals surface area contributed by atoms with E-state index >= 15 is 0 Å². The first-order valence-corrected chi connectivity index (χ1v) is 6.27. The number of hydrogen-bond donors (Lipinski definition) is 1. The maximum absolute atomic E-state index is 13.0. The summed E-state index contributed by atoms with van der Waals surface area (Å²) in [5.41, 5.74) is 1.25. The molecule has 0 spiro atoms. The van der Waals surface area contributed by atoms with Gasteiger partial charge >= 0.3 is 0 Å². The van der Waals surface area contributed by atoms with E-state index in [1.807, 2.05) is 12.1 Å². The van der Waals surface area contributed by atoms with Gasteiger partial charge in [-0.1, -0.05) is 23.7 Å². The van der Waals surface area contributed by atoms with Gasteiger partial charge in [0.25, 0.3) is 0 Å². The van der Waals surface area contributed by atoms with Crippen LogP contribution in [-0.4, -0.2) is 7.11 Å². The van der Waals surface area contributed by atoms with Crippen molar-refractivity contribution in [2.24, 2.45) is 0 Å². The number of benzene rings is 2. The Hall–Kier alpha value is -2.25. The highest BCUT2D eigenvalue weighted by molar-refractivity contribution is 6.31. The van der Waals surface area contributed by atoms with E-state index in [1.54, 1.807) is 19.2 Å². The number of methoxy groups -OCH3 is 1. The summed E-state index contributed by atoms with van der Waals surface area (Å²) in [5.74, 6) is 0.244. The molecule has 5 heteroatoms. The zero-order valence-electron chi connectivity index (χ0n) is 10.7. The largest absolute Gasteiger partial charge is 0.497 e. The fourth-order valence-corrected chi connectivity index (χ4v) is 2.07. The second-order valence-electron chi connectivity index (χ2n) is 4.10. The molecule has 2 rings (SSSR count). The Labute approximate surface area is 121 Å². The van der Waals surface area contributed by atoms with Gasteiger partial charge in [0.2, 0.25) is 0 Å². The van der Waals surface area contributed by atoms with Crippen LogP contribution in [0.25, 0.3) is 0 Å². The summed E-state index contributed by atoms with van der Waals surface area (Å²) in [7, 11) is 1.57. The van der Waals surface area contributed by atoms with E-state index in [-0.39, 0.29) is 5.02 Å². The Balaban J connectivity index is 2.27. The van der Waals surface area contributed by atoms with Crippen LogP contribution in [0.2, 0.25) is 5.02 Å². The Morgan fingerprint density at radius 3 is 2.75 bits per heavy atom. The van der Waals surface area contributed by atoms with Crippen LogP contribution in [0.3, 0.4) is 0 Å². The van der Waals surface area contributed by atoms with Gasteiger partial charge < -0.3 is 10.1 Å². The molecule has 3 nitrogen and oxygen atoms in total. The molecule has 102 valence electrons. The fourth-order valence-electron chi connectivity index (χ4n) is 1.79. The molecule has 1 N–H and O–H groups in total.